The average molecular weight is 1620 g/mol. The van der Waals surface area contributed by atoms with Crippen LogP contribution in [0.25, 0.3) is 0 Å². The number of Topliss-reactive ketones (excluding diaryl/α,β-unsaturated/α-hetero) is 1. The molecule has 17 heteroatoms. The van der Waals surface area contributed by atoms with Crippen LogP contribution in [0.1, 0.15) is 339 Å². The number of esters is 6. The fourth-order valence-electron chi connectivity index (χ4n) is 35.2. The minimum absolute atomic E-state index is 0. The van der Waals surface area contributed by atoms with E-state index in [0.717, 1.165) is 141 Å². The van der Waals surface area contributed by atoms with Crippen LogP contribution in [0.2, 0.25) is 0 Å². The van der Waals surface area contributed by atoms with Crippen LogP contribution in [0.3, 0.4) is 0 Å². The number of ketones is 1. The van der Waals surface area contributed by atoms with Gasteiger partial charge in [0, 0.05) is 41.0 Å². The van der Waals surface area contributed by atoms with Crippen molar-refractivity contribution in [3.8, 4) is 0 Å². The standard InChI is InChI=1S/2C33H52O5.C33H50O5.B.Na.H/c3*1-20(2)22-11-16-33(28(36)38-19-37-21(3)34)18-17-31(7)23(27(22)33)9-10-25-30(6)14-13-26(35)29(4,5)24(30)12-15-32(25,31)8;;;/h2*22-27,35H,1,9-19H2,2-8H3;22-25,27H,1,9-19H2,2-8H3;;;/q;;;;+1;-1/t22-,23+,24?,25+,26+,27?,30-,31+,32+,33-;22-,23+,24?,25+,26-,27?,30-,31+,32+,33-;22-,23+,24?,25+,27?,30-,31+,32+,33-;;;/m000.../s1. The molecule has 6 unspecified atom stereocenters. The number of rotatable bonds is 12. The monoisotopic (exact) mass is 1620 g/mol. The molecule has 15 rings (SSSR count). The Hall–Kier alpha value is -3.31. The van der Waals surface area contributed by atoms with E-state index in [1.54, 1.807) is 0 Å². The van der Waals surface area contributed by atoms with Crippen molar-refractivity contribution in [1.82, 2.24) is 0 Å². The fourth-order valence-corrected chi connectivity index (χ4v) is 35.2. The number of carbonyl (C=O) groups excluding carboxylic acids is 7. The Labute approximate surface area is 725 Å². The molecule has 0 bridgehead atoms. The van der Waals surface area contributed by atoms with Crippen molar-refractivity contribution in [2.75, 3.05) is 20.4 Å². The minimum atomic E-state index is -0.516. The zero-order valence-corrected chi connectivity index (χ0v) is 78.5. The van der Waals surface area contributed by atoms with E-state index in [4.69, 9.17) is 28.4 Å². The molecule has 0 amide bonds. The van der Waals surface area contributed by atoms with E-state index < -0.39 is 34.2 Å². The number of hydrogen-bond acceptors (Lipinski definition) is 15. The maximum atomic E-state index is 13.8. The van der Waals surface area contributed by atoms with Crippen molar-refractivity contribution >= 4 is 50.0 Å². The summed E-state index contributed by atoms with van der Waals surface area (Å²) in [6.07, 6.45) is 30.5. The van der Waals surface area contributed by atoms with Crippen LogP contribution >= 0.6 is 0 Å². The number of hydrogen-bond donors (Lipinski definition) is 2. The van der Waals surface area contributed by atoms with E-state index in [-0.39, 0.29) is 173 Å². The van der Waals surface area contributed by atoms with Crippen molar-refractivity contribution in [3.05, 3.63) is 36.5 Å². The van der Waals surface area contributed by atoms with Gasteiger partial charge < -0.3 is 40.1 Å². The summed E-state index contributed by atoms with van der Waals surface area (Å²) in [5.41, 5.74) is 3.37. The van der Waals surface area contributed by atoms with Gasteiger partial charge in [0.2, 0.25) is 20.4 Å². The Morgan fingerprint density at radius 1 is 0.336 bits per heavy atom. The molecule has 116 heavy (non-hydrogen) atoms. The summed E-state index contributed by atoms with van der Waals surface area (Å²) >= 11 is 0. The summed E-state index contributed by atoms with van der Waals surface area (Å²) in [6.45, 7) is 59.5. The third-order valence-electron chi connectivity index (χ3n) is 41.5. The number of ether oxygens (including phenoxy) is 6. The van der Waals surface area contributed by atoms with Gasteiger partial charge in [-0.2, -0.15) is 0 Å². The molecule has 0 aromatic carbocycles. The van der Waals surface area contributed by atoms with Crippen LogP contribution in [0.4, 0.5) is 0 Å². The second-order valence-electron chi connectivity index (χ2n) is 46.0. The van der Waals surface area contributed by atoms with E-state index in [0.29, 0.717) is 83.2 Å². The summed E-state index contributed by atoms with van der Waals surface area (Å²) in [5, 5.41) is 21.9. The van der Waals surface area contributed by atoms with Crippen molar-refractivity contribution in [1.29, 1.82) is 0 Å². The number of aliphatic hydroxyl groups is 2. The van der Waals surface area contributed by atoms with Gasteiger partial charge in [-0.05, 0) is 355 Å². The predicted molar refractivity (Wildman–Crippen MR) is 449 cm³/mol. The van der Waals surface area contributed by atoms with Gasteiger partial charge in [-0.15, -0.1) is 0 Å². The SMILES string of the molecule is C=C(C)[C@@H]1CC[C@]2(C(=O)OCOC(C)=O)CC[C@]3(C)[C@H](CC[C@@H]4[C@@]5(C)CCC(=O)C(C)(C)C5CC[C@]43C)C12.C=C(C)[C@@H]1CC[C@]2(C(=O)OCOC(C)=O)CC[C@]3(C)[C@H](CC[C@@H]4[C@@]5(C)CC[C@@H](O)C(C)(C)C5CC[C@]43C)C12.C=C(C)[C@@H]1CC[C@]2(C(=O)OCOC(C)=O)CC[C@]3(C)[C@H](CC[C@@H]4[C@@]5(C)CC[C@H](O)C(C)(C)C5CC[C@]43C)C12.[B].[H-].[Na+]. The van der Waals surface area contributed by atoms with E-state index in [2.05, 4.69) is 144 Å². The Morgan fingerprint density at radius 3 is 0.888 bits per heavy atom. The Bertz CT molecular complexity index is 3670. The predicted octanol–water partition coefficient (Wildman–Crippen LogP) is 18.1. The topological polar surface area (TPSA) is 215 Å². The molecule has 0 heterocycles. The minimum Gasteiger partial charge on any atom is -1.00 e. The zero-order valence-electron chi connectivity index (χ0n) is 77.5. The maximum Gasteiger partial charge on any atom is 1.00 e. The average Bonchev–Trinajstić information content (AvgIpc) is 1.65. The smallest absolute Gasteiger partial charge is 1.00 e. The third-order valence-corrected chi connectivity index (χ3v) is 41.5. The molecule has 15 fully saturated rings. The first-order valence-corrected chi connectivity index (χ1v) is 45.7. The molecule has 15 nitrogen and oxygen atoms in total. The van der Waals surface area contributed by atoms with Gasteiger partial charge in [0.25, 0.3) is 0 Å². The number of aliphatic hydroxyl groups excluding tert-OH is 2. The molecule has 15 aliphatic carbocycles. The number of carbonyl (C=O) groups is 7. The van der Waals surface area contributed by atoms with Crippen LogP contribution in [0.15, 0.2) is 36.5 Å². The molecule has 0 saturated heterocycles. The van der Waals surface area contributed by atoms with E-state index in [9.17, 15) is 43.8 Å². The summed E-state index contributed by atoms with van der Waals surface area (Å²) in [6, 6.07) is 0. The van der Waals surface area contributed by atoms with Gasteiger partial charge in [-0.3, -0.25) is 33.6 Å². The van der Waals surface area contributed by atoms with Gasteiger partial charge in [0.15, 0.2) is 0 Å². The Kier molecular flexibility index (Phi) is 25.8. The van der Waals surface area contributed by atoms with Crippen LogP contribution in [-0.2, 0) is 62.0 Å². The first kappa shape index (κ1) is 93.4. The van der Waals surface area contributed by atoms with Crippen LogP contribution in [-0.4, -0.2) is 92.8 Å². The van der Waals surface area contributed by atoms with Gasteiger partial charge in [-0.1, -0.05) is 140 Å². The molecule has 15 saturated carbocycles. The number of allylic oxidation sites excluding steroid dienone is 3. The second kappa shape index (κ2) is 32.0. The molecular weight excluding hydrogens is 1460 g/mol. The van der Waals surface area contributed by atoms with Crippen molar-refractivity contribution < 1.29 is 103 Å². The normalized spacial score (nSPS) is 47.6. The van der Waals surface area contributed by atoms with Crippen LogP contribution in [0, 0.1) is 170 Å². The van der Waals surface area contributed by atoms with Crippen LogP contribution in [0.5, 0.6) is 0 Å². The second-order valence-corrected chi connectivity index (χ2v) is 46.0. The molecule has 2 N–H and O–H groups in total. The quantitative estimate of drug-likeness (QED) is 0.0611. The Balaban J connectivity index is 0.000000183. The first-order chi connectivity index (χ1) is 52.9. The molecule has 0 aromatic rings. The number of fused-ring (bicyclic) bond motifs is 21. The summed E-state index contributed by atoms with van der Waals surface area (Å²) in [7, 11) is 0. The summed E-state index contributed by atoms with van der Waals surface area (Å²) in [4.78, 5) is 88.2. The van der Waals surface area contributed by atoms with Gasteiger partial charge >= 0.3 is 65.4 Å². The van der Waals surface area contributed by atoms with E-state index >= 15 is 0 Å². The molecule has 15 aliphatic rings. The molecule has 0 aliphatic heterocycles. The maximum absolute atomic E-state index is 13.8. The molecular formula is C99H155BNaO15. The van der Waals surface area contributed by atoms with Gasteiger partial charge in [0.05, 0.1) is 28.5 Å². The first-order valence-electron chi connectivity index (χ1n) is 45.7. The zero-order chi connectivity index (χ0) is 83.7. The molecule has 0 spiro atoms. The van der Waals surface area contributed by atoms with Crippen molar-refractivity contribution in [3.63, 3.8) is 0 Å². The van der Waals surface area contributed by atoms with E-state index in [1.807, 2.05) is 0 Å². The molecule has 3 radical (unpaired) electrons. The van der Waals surface area contributed by atoms with E-state index in [1.165, 1.54) is 82.4 Å². The van der Waals surface area contributed by atoms with Gasteiger partial charge in [-0.25, -0.2) is 0 Å². The molecule has 645 valence electrons. The fraction of sp³-hybridized carbons (Fsp3) is 0.869. The van der Waals surface area contributed by atoms with Gasteiger partial charge in [0.1, 0.15) is 5.78 Å². The van der Waals surface area contributed by atoms with Crippen molar-refractivity contribution in [2.24, 2.45) is 170 Å². The third kappa shape index (κ3) is 13.7. The Morgan fingerprint density at radius 2 is 0.612 bits per heavy atom. The molecule has 29 atom stereocenters. The summed E-state index contributed by atoms with van der Waals surface area (Å²) < 4.78 is 32.0. The molecule has 0 aromatic heterocycles. The summed E-state index contributed by atoms with van der Waals surface area (Å²) in [5.74, 6) is 5.05. The van der Waals surface area contributed by atoms with Crippen molar-refractivity contribution in [2.45, 2.75) is 350 Å². The largest absolute Gasteiger partial charge is 1.00 e. The van der Waals surface area contributed by atoms with Crippen LogP contribution < -0.4 is 29.6 Å².